The molecule has 0 fully saturated rings. The van der Waals surface area contributed by atoms with Gasteiger partial charge >= 0.3 is 5.22 Å². The Labute approximate surface area is 134 Å². The Bertz CT molecular complexity index is 871. The van der Waals surface area contributed by atoms with Gasteiger partial charge in [0, 0.05) is 19.2 Å². The van der Waals surface area contributed by atoms with Gasteiger partial charge in [0.05, 0.1) is 4.90 Å². The fraction of sp³-hybridized carbons (Fsp3) is 0.385. The van der Waals surface area contributed by atoms with Gasteiger partial charge in [-0.15, -0.1) is 5.10 Å². The average Bonchev–Trinajstić information content (AvgIpc) is 2.93. The van der Waals surface area contributed by atoms with Gasteiger partial charge in [0.25, 0.3) is 0 Å². The Kier molecular flexibility index (Phi) is 5.17. The molecule has 0 atom stereocenters. The van der Waals surface area contributed by atoms with E-state index in [2.05, 4.69) is 14.9 Å². The highest BCUT2D eigenvalue weighted by molar-refractivity contribution is 7.90. The Hall–Kier alpha value is -1.78. The van der Waals surface area contributed by atoms with Crippen molar-refractivity contribution in [2.75, 3.05) is 12.8 Å². The monoisotopic (exact) mass is 359 g/mol. The maximum Gasteiger partial charge on any atom is 0.335 e. The lowest BCUT2D eigenvalue weighted by molar-refractivity contribution is 0.394. The highest BCUT2D eigenvalue weighted by Gasteiger charge is 2.17. The molecule has 0 bridgehead atoms. The Morgan fingerprint density at radius 3 is 2.30 bits per heavy atom. The summed E-state index contributed by atoms with van der Waals surface area (Å²) in [6.45, 7) is 2.05. The predicted octanol–water partition coefficient (Wildman–Crippen LogP) is 0.693. The third-order valence-corrected chi connectivity index (χ3v) is 5.23. The molecule has 1 aromatic carbocycles. The predicted molar refractivity (Wildman–Crippen MR) is 82.1 cm³/mol. The molecule has 0 amide bonds. The molecule has 0 spiro atoms. The molecule has 0 unspecified atom stereocenters. The molecule has 126 valence electrons. The third kappa shape index (κ3) is 4.85. The number of sulfone groups is 1. The first kappa shape index (κ1) is 17.6. The summed E-state index contributed by atoms with van der Waals surface area (Å²) in [4.78, 5) is 0.195. The van der Waals surface area contributed by atoms with Gasteiger partial charge in [-0.2, -0.15) is 0 Å². The van der Waals surface area contributed by atoms with Gasteiger partial charge in [-0.1, -0.05) is 22.8 Å². The summed E-state index contributed by atoms with van der Waals surface area (Å²) < 4.78 is 54.0. The van der Waals surface area contributed by atoms with Gasteiger partial charge in [-0.3, -0.25) is 0 Å². The lowest BCUT2D eigenvalue weighted by Gasteiger charge is -2.06. The van der Waals surface area contributed by atoms with Crippen molar-refractivity contribution < 1.29 is 21.3 Å². The summed E-state index contributed by atoms with van der Waals surface area (Å²) in [5, 5.41) is 6.60. The van der Waals surface area contributed by atoms with Crippen LogP contribution in [0.1, 0.15) is 17.9 Å². The van der Waals surface area contributed by atoms with Crippen molar-refractivity contribution in [3.8, 4) is 0 Å². The lowest BCUT2D eigenvalue weighted by Crippen LogP contribution is -2.25. The van der Waals surface area contributed by atoms with Crippen molar-refractivity contribution in [2.24, 2.45) is 0 Å². The zero-order valence-corrected chi connectivity index (χ0v) is 14.3. The van der Waals surface area contributed by atoms with Crippen LogP contribution < -0.4 is 4.72 Å². The maximum absolute atomic E-state index is 12.0. The Balaban J connectivity index is 1.87. The first-order chi connectivity index (χ1) is 10.7. The maximum atomic E-state index is 12.0. The molecule has 0 radical (unpaired) electrons. The van der Waals surface area contributed by atoms with Gasteiger partial charge in [0.1, 0.15) is 0 Å². The molecular formula is C13H17N3O5S2. The Morgan fingerprint density at radius 2 is 1.74 bits per heavy atom. The van der Waals surface area contributed by atoms with Crippen molar-refractivity contribution >= 4 is 19.9 Å². The fourth-order valence-electron chi connectivity index (χ4n) is 1.74. The van der Waals surface area contributed by atoms with Crippen LogP contribution in [0.3, 0.4) is 0 Å². The molecule has 1 aromatic heterocycles. The topological polar surface area (TPSA) is 119 Å². The molecule has 0 aliphatic rings. The molecule has 0 aliphatic carbocycles. The SMILES string of the molecule is Cc1ccc(S(=O)(=O)NCCCc2nnc(S(C)(=O)=O)o2)cc1. The molecular weight excluding hydrogens is 342 g/mol. The van der Waals surface area contributed by atoms with E-state index in [1.54, 1.807) is 12.1 Å². The van der Waals surface area contributed by atoms with Crippen LogP contribution in [0.4, 0.5) is 0 Å². The number of aryl methyl sites for hydroxylation is 2. The number of benzene rings is 1. The van der Waals surface area contributed by atoms with Gasteiger partial charge < -0.3 is 4.42 Å². The van der Waals surface area contributed by atoms with E-state index in [-0.39, 0.29) is 23.8 Å². The summed E-state index contributed by atoms with van der Waals surface area (Å²) in [5.74, 6) is 0.153. The second-order valence-electron chi connectivity index (χ2n) is 5.05. The first-order valence-electron chi connectivity index (χ1n) is 6.77. The Morgan fingerprint density at radius 1 is 1.09 bits per heavy atom. The number of hydrogen-bond donors (Lipinski definition) is 1. The standard InChI is InChI=1S/C13H17N3O5S2/c1-10-5-7-11(8-6-10)23(19,20)14-9-3-4-12-15-16-13(21-12)22(2,17)18/h5-8,14H,3-4,9H2,1-2H3. The molecule has 1 heterocycles. The number of hydrogen-bond acceptors (Lipinski definition) is 7. The van der Waals surface area contributed by atoms with E-state index in [1.165, 1.54) is 12.1 Å². The summed E-state index contributed by atoms with van der Waals surface area (Å²) in [6.07, 6.45) is 1.65. The normalized spacial score (nSPS) is 12.4. The van der Waals surface area contributed by atoms with Crippen molar-refractivity contribution in [1.82, 2.24) is 14.9 Å². The molecule has 0 saturated carbocycles. The second-order valence-corrected chi connectivity index (χ2v) is 8.71. The minimum Gasteiger partial charge on any atom is -0.413 e. The molecule has 8 nitrogen and oxygen atoms in total. The minimum atomic E-state index is -3.56. The fourth-order valence-corrected chi connectivity index (χ4v) is 3.25. The van der Waals surface area contributed by atoms with E-state index >= 15 is 0 Å². The van der Waals surface area contributed by atoms with Crippen LogP contribution in [0.15, 0.2) is 38.8 Å². The molecule has 0 aliphatic heterocycles. The molecule has 2 rings (SSSR count). The van der Waals surface area contributed by atoms with E-state index in [4.69, 9.17) is 4.42 Å². The number of sulfonamides is 1. The van der Waals surface area contributed by atoms with Gasteiger partial charge in [0.2, 0.25) is 25.8 Å². The van der Waals surface area contributed by atoms with Crippen LogP contribution in [-0.4, -0.2) is 39.8 Å². The third-order valence-electron chi connectivity index (χ3n) is 2.96. The molecule has 0 saturated heterocycles. The van der Waals surface area contributed by atoms with Crippen LogP contribution in [0, 0.1) is 6.92 Å². The number of nitrogens with one attached hydrogen (secondary N) is 1. The molecule has 1 N–H and O–H groups in total. The van der Waals surface area contributed by atoms with Crippen LogP contribution in [0.25, 0.3) is 0 Å². The highest BCUT2D eigenvalue weighted by atomic mass is 32.2. The largest absolute Gasteiger partial charge is 0.413 e. The van der Waals surface area contributed by atoms with Gasteiger partial charge in [-0.25, -0.2) is 21.6 Å². The summed E-state index contributed by atoms with van der Waals surface area (Å²) in [7, 11) is -7.09. The van der Waals surface area contributed by atoms with Crippen molar-refractivity contribution in [3.05, 3.63) is 35.7 Å². The highest BCUT2D eigenvalue weighted by Crippen LogP contribution is 2.11. The first-order valence-corrected chi connectivity index (χ1v) is 10.1. The van der Waals surface area contributed by atoms with E-state index in [0.717, 1.165) is 11.8 Å². The second kappa shape index (κ2) is 6.77. The van der Waals surface area contributed by atoms with Crippen molar-refractivity contribution in [2.45, 2.75) is 29.9 Å². The zero-order valence-electron chi connectivity index (χ0n) is 12.7. The van der Waals surface area contributed by atoms with E-state index in [0.29, 0.717) is 6.42 Å². The lowest BCUT2D eigenvalue weighted by atomic mass is 10.2. The quantitative estimate of drug-likeness (QED) is 0.722. The van der Waals surface area contributed by atoms with Crippen molar-refractivity contribution in [1.29, 1.82) is 0 Å². The summed E-state index contributed by atoms with van der Waals surface area (Å²) in [5.41, 5.74) is 0.974. The average molecular weight is 359 g/mol. The number of rotatable bonds is 7. The van der Waals surface area contributed by atoms with Crippen molar-refractivity contribution in [3.63, 3.8) is 0 Å². The van der Waals surface area contributed by atoms with Crippen LogP contribution in [0.2, 0.25) is 0 Å². The van der Waals surface area contributed by atoms with Crippen LogP contribution in [0.5, 0.6) is 0 Å². The number of nitrogens with zero attached hydrogens (tertiary/aromatic N) is 2. The summed E-state index contributed by atoms with van der Waals surface area (Å²) >= 11 is 0. The van der Waals surface area contributed by atoms with E-state index < -0.39 is 25.1 Å². The van der Waals surface area contributed by atoms with Gasteiger partial charge in [0.15, 0.2) is 0 Å². The molecule has 23 heavy (non-hydrogen) atoms. The van der Waals surface area contributed by atoms with E-state index in [1.807, 2.05) is 6.92 Å². The summed E-state index contributed by atoms with van der Waals surface area (Å²) in [6, 6.07) is 6.52. The smallest absolute Gasteiger partial charge is 0.335 e. The minimum absolute atomic E-state index is 0.153. The molecule has 10 heteroatoms. The number of aromatic nitrogens is 2. The molecule has 2 aromatic rings. The van der Waals surface area contributed by atoms with Crippen LogP contribution >= 0.6 is 0 Å². The van der Waals surface area contributed by atoms with Crippen LogP contribution in [-0.2, 0) is 26.3 Å². The van der Waals surface area contributed by atoms with E-state index in [9.17, 15) is 16.8 Å². The van der Waals surface area contributed by atoms with Gasteiger partial charge in [-0.05, 0) is 25.5 Å². The zero-order chi connectivity index (χ0) is 17.1.